The first-order valence-electron chi connectivity index (χ1n) is 4.90. The molecule has 0 aliphatic rings. The molecule has 2 nitrogen and oxygen atoms in total. The molecule has 0 radical (unpaired) electrons. The Hall–Kier alpha value is -1.16. The van der Waals surface area contributed by atoms with Gasteiger partial charge in [-0.1, -0.05) is 41.4 Å². The minimum absolute atomic E-state index is 0.327. The minimum atomic E-state index is -0.707. The number of nitrogens with two attached hydrogens (primary N) is 1. The van der Waals surface area contributed by atoms with Crippen molar-refractivity contribution >= 4 is 23.2 Å². The van der Waals surface area contributed by atoms with Crippen molar-refractivity contribution in [2.75, 3.05) is 0 Å². The number of rotatable bonds is 2. The number of aromatic nitrogens is 1. The van der Waals surface area contributed by atoms with Crippen LogP contribution in [0.3, 0.4) is 0 Å². The van der Waals surface area contributed by atoms with E-state index in [1.54, 1.807) is 18.2 Å². The van der Waals surface area contributed by atoms with Crippen molar-refractivity contribution in [1.29, 1.82) is 0 Å². The van der Waals surface area contributed by atoms with Gasteiger partial charge >= 0.3 is 0 Å². The van der Waals surface area contributed by atoms with Crippen LogP contribution in [0, 0.1) is 5.82 Å². The van der Waals surface area contributed by atoms with Crippen LogP contribution in [0.2, 0.25) is 10.0 Å². The average molecular weight is 271 g/mol. The van der Waals surface area contributed by atoms with Crippen molar-refractivity contribution in [3.8, 4) is 0 Å². The third-order valence-corrected chi connectivity index (χ3v) is 2.88. The summed E-state index contributed by atoms with van der Waals surface area (Å²) >= 11 is 11.7. The molecule has 17 heavy (non-hydrogen) atoms. The van der Waals surface area contributed by atoms with Gasteiger partial charge in [0.25, 0.3) is 0 Å². The van der Waals surface area contributed by atoms with E-state index < -0.39 is 6.04 Å². The van der Waals surface area contributed by atoms with Crippen molar-refractivity contribution in [1.82, 2.24) is 4.98 Å². The zero-order valence-electron chi connectivity index (χ0n) is 8.70. The highest BCUT2D eigenvalue weighted by Gasteiger charge is 2.17. The highest BCUT2D eigenvalue weighted by Crippen LogP contribution is 2.27. The molecular formula is C12H9Cl2FN2. The molecule has 1 heterocycles. The molecular weight excluding hydrogens is 262 g/mol. The molecule has 0 fully saturated rings. The Labute approximate surface area is 108 Å². The monoisotopic (exact) mass is 270 g/mol. The lowest BCUT2D eigenvalue weighted by molar-refractivity contribution is 0.597. The summed E-state index contributed by atoms with van der Waals surface area (Å²) in [5.74, 6) is -0.382. The van der Waals surface area contributed by atoms with Gasteiger partial charge in [-0.3, -0.25) is 4.98 Å². The molecule has 2 rings (SSSR count). The average Bonchev–Trinajstić information content (AvgIpc) is 2.29. The molecule has 0 aliphatic heterocycles. The molecule has 1 aromatic carbocycles. The van der Waals surface area contributed by atoms with Gasteiger partial charge in [-0.15, -0.1) is 0 Å². The van der Waals surface area contributed by atoms with Crippen LogP contribution >= 0.6 is 23.2 Å². The topological polar surface area (TPSA) is 38.9 Å². The fraction of sp³-hybridized carbons (Fsp3) is 0.0833. The van der Waals surface area contributed by atoms with E-state index in [0.29, 0.717) is 21.3 Å². The molecule has 1 unspecified atom stereocenters. The van der Waals surface area contributed by atoms with Crippen LogP contribution in [0.1, 0.15) is 17.3 Å². The number of pyridine rings is 1. The Morgan fingerprint density at radius 1 is 1.24 bits per heavy atom. The van der Waals surface area contributed by atoms with E-state index in [1.165, 1.54) is 18.3 Å². The van der Waals surface area contributed by atoms with Crippen molar-refractivity contribution < 1.29 is 4.39 Å². The maximum absolute atomic E-state index is 13.6. The summed E-state index contributed by atoms with van der Waals surface area (Å²) in [5.41, 5.74) is 6.69. The molecule has 0 saturated heterocycles. The lowest BCUT2D eigenvalue weighted by Crippen LogP contribution is -2.15. The van der Waals surface area contributed by atoms with Crippen molar-refractivity contribution in [2.24, 2.45) is 5.73 Å². The second kappa shape index (κ2) is 5.00. The normalized spacial score (nSPS) is 12.5. The molecule has 2 N–H and O–H groups in total. The van der Waals surface area contributed by atoms with E-state index in [-0.39, 0.29) is 5.82 Å². The fourth-order valence-corrected chi connectivity index (χ4v) is 2.03. The highest BCUT2D eigenvalue weighted by atomic mass is 35.5. The zero-order chi connectivity index (χ0) is 12.4. The lowest BCUT2D eigenvalue weighted by atomic mass is 10.0. The van der Waals surface area contributed by atoms with Gasteiger partial charge in [-0.25, -0.2) is 4.39 Å². The quantitative estimate of drug-likeness (QED) is 0.906. The Bertz CT molecular complexity index is 546. The Balaban J connectivity index is 2.44. The number of benzene rings is 1. The molecule has 88 valence electrons. The van der Waals surface area contributed by atoms with Crippen LogP contribution in [0.5, 0.6) is 0 Å². The van der Waals surface area contributed by atoms with E-state index in [2.05, 4.69) is 4.98 Å². The summed E-state index contributed by atoms with van der Waals surface area (Å²) in [4.78, 5) is 4.04. The van der Waals surface area contributed by atoms with Crippen LogP contribution in [0.4, 0.5) is 4.39 Å². The summed E-state index contributed by atoms with van der Waals surface area (Å²) in [5, 5.41) is 0.743. The van der Waals surface area contributed by atoms with Gasteiger partial charge in [0.05, 0.1) is 21.8 Å². The van der Waals surface area contributed by atoms with Gasteiger partial charge in [-0.05, 0) is 12.1 Å². The van der Waals surface area contributed by atoms with Crippen LogP contribution in [0.15, 0.2) is 36.5 Å². The Morgan fingerprint density at radius 3 is 2.59 bits per heavy atom. The molecule has 0 amide bonds. The van der Waals surface area contributed by atoms with Gasteiger partial charge in [0, 0.05) is 11.8 Å². The van der Waals surface area contributed by atoms with E-state index in [9.17, 15) is 4.39 Å². The predicted molar refractivity (Wildman–Crippen MR) is 66.7 cm³/mol. The first-order chi connectivity index (χ1) is 8.09. The Kier molecular flexibility index (Phi) is 3.62. The molecule has 0 saturated carbocycles. The summed E-state index contributed by atoms with van der Waals surface area (Å²) in [6.07, 6.45) is 1.43. The SMILES string of the molecule is NC(c1ccccc1F)c1ncc(Cl)cc1Cl. The second-order valence-corrected chi connectivity index (χ2v) is 4.36. The molecule has 1 atom stereocenters. The standard InChI is InChI=1S/C12H9Cl2FN2/c13-7-5-9(14)12(17-6-7)11(16)8-3-1-2-4-10(8)15/h1-6,11H,16H2. The van der Waals surface area contributed by atoms with Crippen LogP contribution in [-0.4, -0.2) is 4.98 Å². The van der Waals surface area contributed by atoms with Crippen LogP contribution < -0.4 is 5.73 Å². The maximum atomic E-state index is 13.6. The number of nitrogens with zero attached hydrogens (tertiary/aromatic N) is 1. The summed E-state index contributed by atoms with van der Waals surface area (Å²) in [6, 6.07) is 7.09. The molecule has 5 heteroatoms. The fourth-order valence-electron chi connectivity index (χ4n) is 1.53. The Morgan fingerprint density at radius 2 is 1.94 bits per heavy atom. The third kappa shape index (κ3) is 2.57. The first kappa shape index (κ1) is 12.3. The van der Waals surface area contributed by atoms with E-state index >= 15 is 0 Å². The highest BCUT2D eigenvalue weighted by molar-refractivity contribution is 6.34. The summed E-state index contributed by atoms with van der Waals surface area (Å²) in [7, 11) is 0. The molecule has 1 aromatic heterocycles. The molecule has 0 aliphatic carbocycles. The van der Waals surface area contributed by atoms with E-state index in [0.717, 1.165) is 0 Å². The minimum Gasteiger partial charge on any atom is -0.319 e. The smallest absolute Gasteiger partial charge is 0.128 e. The number of halogens is 3. The van der Waals surface area contributed by atoms with Gasteiger partial charge in [0.15, 0.2) is 0 Å². The second-order valence-electron chi connectivity index (χ2n) is 3.52. The largest absolute Gasteiger partial charge is 0.319 e. The number of hydrogen-bond acceptors (Lipinski definition) is 2. The lowest BCUT2D eigenvalue weighted by Gasteiger charge is -2.13. The number of hydrogen-bond donors (Lipinski definition) is 1. The zero-order valence-corrected chi connectivity index (χ0v) is 10.2. The van der Waals surface area contributed by atoms with Crippen LogP contribution in [0.25, 0.3) is 0 Å². The van der Waals surface area contributed by atoms with Crippen molar-refractivity contribution in [3.05, 3.63) is 63.6 Å². The third-order valence-electron chi connectivity index (χ3n) is 2.37. The van der Waals surface area contributed by atoms with Crippen LogP contribution in [-0.2, 0) is 0 Å². The van der Waals surface area contributed by atoms with Gasteiger partial charge < -0.3 is 5.73 Å². The first-order valence-corrected chi connectivity index (χ1v) is 5.66. The van der Waals surface area contributed by atoms with E-state index in [4.69, 9.17) is 28.9 Å². The molecule has 0 bridgehead atoms. The van der Waals surface area contributed by atoms with Crippen molar-refractivity contribution in [3.63, 3.8) is 0 Å². The molecule has 0 spiro atoms. The van der Waals surface area contributed by atoms with E-state index in [1.807, 2.05) is 0 Å². The van der Waals surface area contributed by atoms with Gasteiger partial charge in [0.1, 0.15) is 5.82 Å². The summed E-state index contributed by atoms with van der Waals surface area (Å²) < 4.78 is 13.6. The maximum Gasteiger partial charge on any atom is 0.128 e. The molecule has 2 aromatic rings. The predicted octanol–water partition coefficient (Wildman–Crippen LogP) is 3.58. The van der Waals surface area contributed by atoms with Gasteiger partial charge in [0.2, 0.25) is 0 Å². The van der Waals surface area contributed by atoms with Crippen molar-refractivity contribution in [2.45, 2.75) is 6.04 Å². The summed E-state index contributed by atoms with van der Waals surface area (Å²) in [6.45, 7) is 0. The van der Waals surface area contributed by atoms with Gasteiger partial charge in [-0.2, -0.15) is 0 Å².